The Kier molecular flexibility index (Phi) is 8.94. The topological polar surface area (TPSA) is 87.7 Å². The first kappa shape index (κ1) is 20.9. The normalized spacial score (nSPS) is 11.7. The number of halogens is 1. The summed E-state index contributed by atoms with van der Waals surface area (Å²) in [6.07, 6.45) is -0.791. The summed E-state index contributed by atoms with van der Waals surface area (Å²) in [5, 5.41) is 5.53. The number of amides is 3. The molecule has 25 heavy (non-hydrogen) atoms. The first-order chi connectivity index (χ1) is 11.9. The molecule has 0 radical (unpaired) electrons. The number of hydrogen-bond donors (Lipinski definition) is 2. The van der Waals surface area contributed by atoms with Gasteiger partial charge in [0.25, 0.3) is 0 Å². The van der Waals surface area contributed by atoms with E-state index >= 15 is 0 Å². The van der Waals surface area contributed by atoms with Crippen LogP contribution < -0.4 is 10.6 Å². The zero-order chi connectivity index (χ0) is 18.8. The van der Waals surface area contributed by atoms with Crippen LogP contribution in [0.15, 0.2) is 24.3 Å². The number of hydrogen-bond acceptors (Lipinski definition) is 5. The van der Waals surface area contributed by atoms with E-state index in [4.69, 9.17) is 11.6 Å². The number of carbonyl (C=O) groups is 3. The number of nitrogens with zero attached hydrogens (tertiary/aromatic N) is 1. The van der Waals surface area contributed by atoms with Crippen molar-refractivity contribution in [1.82, 2.24) is 15.5 Å². The van der Waals surface area contributed by atoms with Crippen LogP contribution in [0, 0.1) is 0 Å². The summed E-state index contributed by atoms with van der Waals surface area (Å²) in [4.78, 5) is 36.8. The van der Waals surface area contributed by atoms with Gasteiger partial charge >= 0.3 is 6.09 Å². The molecule has 1 aromatic rings. The molecule has 3 amide bonds. The molecule has 1 aromatic carbocycles. The van der Waals surface area contributed by atoms with Crippen LogP contribution in [0.2, 0.25) is 5.02 Å². The Morgan fingerprint density at radius 1 is 1.16 bits per heavy atom. The molecule has 0 saturated carbocycles. The number of rotatable bonds is 8. The van der Waals surface area contributed by atoms with Gasteiger partial charge in [-0.15, -0.1) is 0 Å². The highest BCUT2D eigenvalue weighted by Gasteiger charge is 2.17. The van der Waals surface area contributed by atoms with E-state index in [0.29, 0.717) is 11.6 Å². The third-order valence-electron chi connectivity index (χ3n) is 3.45. The van der Waals surface area contributed by atoms with Crippen LogP contribution in [0.5, 0.6) is 0 Å². The van der Waals surface area contributed by atoms with Gasteiger partial charge in [-0.3, -0.25) is 19.8 Å². The Bertz CT molecular complexity index is 609. The number of ether oxygens (including phenoxy) is 1. The zero-order valence-corrected chi connectivity index (χ0v) is 15.4. The Hall–Kier alpha value is -2.12. The van der Waals surface area contributed by atoms with Crippen LogP contribution >= 0.6 is 11.6 Å². The summed E-state index contributed by atoms with van der Waals surface area (Å²) in [6.45, 7) is 5.91. The SMILES string of the molecule is CCOC(=O)NC(=O)CN(CC)CC(=O)N[C@H](C)c1ccccc1Cl. The molecule has 0 unspecified atom stereocenters. The largest absolute Gasteiger partial charge is 0.450 e. The first-order valence-corrected chi connectivity index (χ1v) is 8.47. The smallest absolute Gasteiger partial charge is 0.413 e. The molecule has 0 aromatic heterocycles. The van der Waals surface area contributed by atoms with Crippen molar-refractivity contribution < 1.29 is 19.1 Å². The highest BCUT2D eigenvalue weighted by atomic mass is 35.5. The van der Waals surface area contributed by atoms with Gasteiger partial charge in [-0.25, -0.2) is 4.79 Å². The minimum Gasteiger partial charge on any atom is -0.450 e. The number of alkyl carbamates (subject to hydrolysis) is 1. The van der Waals surface area contributed by atoms with Crippen molar-refractivity contribution in [3.63, 3.8) is 0 Å². The maximum atomic E-state index is 12.2. The van der Waals surface area contributed by atoms with Crippen molar-refractivity contribution in [2.45, 2.75) is 26.8 Å². The molecular weight excluding hydrogens is 346 g/mol. The quantitative estimate of drug-likeness (QED) is 0.732. The molecule has 0 saturated heterocycles. The molecule has 1 atom stereocenters. The fourth-order valence-corrected chi connectivity index (χ4v) is 2.50. The van der Waals surface area contributed by atoms with Crippen molar-refractivity contribution in [2.24, 2.45) is 0 Å². The van der Waals surface area contributed by atoms with E-state index < -0.39 is 12.0 Å². The van der Waals surface area contributed by atoms with Crippen molar-refractivity contribution in [3.8, 4) is 0 Å². The molecule has 138 valence electrons. The molecule has 0 spiro atoms. The van der Waals surface area contributed by atoms with E-state index in [2.05, 4.69) is 15.4 Å². The van der Waals surface area contributed by atoms with E-state index in [9.17, 15) is 14.4 Å². The summed E-state index contributed by atoms with van der Waals surface area (Å²) >= 11 is 6.12. The lowest BCUT2D eigenvalue weighted by Crippen LogP contribution is -2.44. The first-order valence-electron chi connectivity index (χ1n) is 8.10. The Morgan fingerprint density at radius 2 is 1.80 bits per heavy atom. The molecule has 1 rings (SSSR count). The van der Waals surface area contributed by atoms with Gasteiger partial charge in [-0.2, -0.15) is 0 Å². The van der Waals surface area contributed by atoms with Gasteiger partial charge in [0.2, 0.25) is 11.8 Å². The van der Waals surface area contributed by atoms with Gasteiger partial charge in [-0.1, -0.05) is 36.7 Å². The number of imide groups is 1. The third kappa shape index (κ3) is 7.53. The highest BCUT2D eigenvalue weighted by Crippen LogP contribution is 2.21. The van der Waals surface area contributed by atoms with Gasteiger partial charge in [0.05, 0.1) is 25.7 Å². The molecule has 7 nitrogen and oxygen atoms in total. The van der Waals surface area contributed by atoms with Gasteiger partial charge < -0.3 is 10.1 Å². The minimum atomic E-state index is -0.791. The molecule has 0 bridgehead atoms. The summed E-state index contributed by atoms with van der Waals surface area (Å²) in [7, 11) is 0. The Balaban J connectivity index is 2.51. The lowest BCUT2D eigenvalue weighted by Gasteiger charge is -2.21. The lowest BCUT2D eigenvalue weighted by molar-refractivity contribution is -0.125. The molecule has 0 aliphatic rings. The standard InChI is InChI=1S/C17H24ClN3O4/c1-4-21(11-16(23)20-17(24)25-5-2)10-15(22)19-12(3)13-8-6-7-9-14(13)18/h6-9,12H,4-5,10-11H2,1-3H3,(H,19,22)(H,20,23,24)/t12-/m1/s1. The fourth-order valence-electron chi connectivity index (χ4n) is 2.20. The van der Waals surface area contributed by atoms with Crippen LogP contribution in [0.3, 0.4) is 0 Å². The average Bonchev–Trinajstić information content (AvgIpc) is 2.54. The lowest BCUT2D eigenvalue weighted by atomic mass is 10.1. The molecular formula is C17H24ClN3O4. The Morgan fingerprint density at radius 3 is 2.40 bits per heavy atom. The number of benzene rings is 1. The van der Waals surface area contributed by atoms with E-state index in [1.165, 1.54) is 0 Å². The van der Waals surface area contributed by atoms with Crippen molar-refractivity contribution in [1.29, 1.82) is 0 Å². The molecule has 0 heterocycles. The summed E-state index contributed by atoms with van der Waals surface area (Å²) in [5.41, 5.74) is 0.820. The minimum absolute atomic E-state index is 0.0293. The van der Waals surface area contributed by atoms with E-state index in [-0.39, 0.29) is 31.6 Å². The predicted molar refractivity (Wildman–Crippen MR) is 95.3 cm³/mol. The Labute approximate surface area is 152 Å². The molecule has 2 N–H and O–H groups in total. The predicted octanol–water partition coefficient (Wildman–Crippen LogP) is 2.11. The fraction of sp³-hybridized carbons (Fsp3) is 0.471. The summed E-state index contributed by atoms with van der Waals surface area (Å²) in [5.74, 6) is -0.759. The monoisotopic (exact) mass is 369 g/mol. The number of likely N-dealkylation sites (N-methyl/N-ethyl adjacent to an activating group) is 1. The van der Waals surface area contributed by atoms with Crippen LogP contribution in [0.25, 0.3) is 0 Å². The average molecular weight is 370 g/mol. The van der Waals surface area contributed by atoms with Crippen LogP contribution in [0.1, 0.15) is 32.4 Å². The van der Waals surface area contributed by atoms with Gasteiger partial charge in [-0.05, 0) is 32.0 Å². The van der Waals surface area contributed by atoms with Crippen molar-refractivity contribution in [3.05, 3.63) is 34.9 Å². The molecule has 0 aliphatic heterocycles. The molecule has 8 heteroatoms. The van der Waals surface area contributed by atoms with E-state index in [1.54, 1.807) is 17.9 Å². The van der Waals surface area contributed by atoms with Gasteiger partial charge in [0.1, 0.15) is 0 Å². The van der Waals surface area contributed by atoms with E-state index in [1.807, 2.05) is 32.0 Å². The van der Waals surface area contributed by atoms with Crippen LogP contribution in [-0.4, -0.2) is 49.0 Å². The highest BCUT2D eigenvalue weighted by molar-refractivity contribution is 6.31. The summed E-state index contributed by atoms with van der Waals surface area (Å²) < 4.78 is 4.64. The number of carbonyl (C=O) groups excluding carboxylic acids is 3. The second kappa shape index (κ2) is 10.7. The molecule has 0 fully saturated rings. The summed E-state index contributed by atoms with van der Waals surface area (Å²) in [6, 6.07) is 7.02. The van der Waals surface area contributed by atoms with E-state index in [0.717, 1.165) is 5.56 Å². The third-order valence-corrected chi connectivity index (χ3v) is 3.79. The number of nitrogens with one attached hydrogen (secondary N) is 2. The van der Waals surface area contributed by atoms with Crippen LogP contribution in [0.4, 0.5) is 4.79 Å². The molecule has 0 aliphatic carbocycles. The van der Waals surface area contributed by atoms with Crippen molar-refractivity contribution in [2.75, 3.05) is 26.2 Å². The van der Waals surface area contributed by atoms with Gasteiger partial charge in [0.15, 0.2) is 0 Å². The zero-order valence-electron chi connectivity index (χ0n) is 14.7. The second-order valence-corrected chi connectivity index (χ2v) is 5.79. The maximum Gasteiger partial charge on any atom is 0.413 e. The maximum absolute atomic E-state index is 12.2. The van der Waals surface area contributed by atoms with Gasteiger partial charge in [0, 0.05) is 5.02 Å². The second-order valence-electron chi connectivity index (χ2n) is 5.38. The van der Waals surface area contributed by atoms with Crippen molar-refractivity contribution >= 4 is 29.5 Å². The van der Waals surface area contributed by atoms with Crippen LogP contribution in [-0.2, 0) is 14.3 Å².